The highest BCUT2D eigenvalue weighted by Crippen LogP contribution is 2.32. The summed E-state index contributed by atoms with van der Waals surface area (Å²) in [6.07, 6.45) is 0. The standard InChI is InChI=1S/C13H14BrNOS/c1-8-11(14)7-12(17-8)13(15)9-3-5-10(16-2)6-4-9/h3-7,13H,15H2,1-2H3. The van der Waals surface area contributed by atoms with Gasteiger partial charge in [-0.05, 0) is 46.6 Å². The molecule has 1 unspecified atom stereocenters. The van der Waals surface area contributed by atoms with Gasteiger partial charge in [0.15, 0.2) is 0 Å². The first-order chi connectivity index (χ1) is 8.11. The third kappa shape index (κ3) is 2.70. The highest BCUT2D eigenvalue weighted by molar-refractivity contribution is 9.10. The second kappa shape index (κ2) is 5.21. The van der Waals surface area contributed by atoms with Gasteiger partial charge in [-0.1, -0.05) is 12.1 Å². The summed E-state index contributed by atoms with van der Waals surface area (Å²) >= 11 is 5.24. The highest BCUT2D eigenvalue weighted by atomic mass is 79.9. The Bertz CT molecular complexity index is 487. The van der Waals surface area contributed by atoms with E-state index in [2.05, 4.69) is 28.9 Å². The van der Waals surface area contributed by atoms with Crippen LogP contribution in [0, 0.1) is 6.92 Å². The van der Waals surface area contributed by atoms with Gasteiger partial charge in [0, 0.05) is 14.2 Å². The molecule has 2 nitrogen and oxygen atoms in total. The summed E-state index contributed by atoms with van der Waals surface area (Å²) in [5, 5.41) is 0. The largest absolute Gasteiger partial charge is 0.497 e. The summed E-state index contributed by atoms with van der Waals surface area (Å²) in [6.45, 7) is 2.08. The summed E-state index contributed by atoms with van der Waals surface area (Å²) in [4.78, 5) is 2.42. The zero-order chi connectivity index (χ0) is 12.4. The minimum Gasteiger partial charge on any atom is -0.497 e. The van der Waals surface area contributed by atoms with Crippen LogP contribution in [0.3, 0.4) is 0 Å². The van der Waals surface area contributed by atoms with E-state index in [9.17, 15) is 0 Å². The maximum absolute atomic E-state index is 6.24. The second-order valence-corrected chi connectivity index (χ2v) is 5.95. The monoisotopic (exact) mass is 311 g/mol. The maximum Gasteiger partial charge on any atom is 0.118 e. The zero-order valence-electron chi connectivity index (χ0n) is 9.74. The number of halogens is 1. The molecule has 0 aliphatic heterocycles. The molecule has 0 radical (unpaired) electrons. The van der Waals surface area contributed by atoms with E-state index in [0.29, 0.717) is 0 Å². The van der Waals surface area contributed by atoms with Gasteiger partial charge in [0.25, 0.3) is 0 Å². The van der Waals surface area contributed by atoms with Crippen molar-refractivity contribution >= 4 is 27.3 Å². The van der Waals surface area contributed by atoms with Crippen LogP contribution in [-0.4, -0.2) is 7.11 Å². The summed E-state index contributed by atoms with van der Waals surface area (Å²) < 4.78 is 6.26. The SMILES string of the molecule is COc1ccc(C(N)c2cc(Br)c(C)s2)cc1. The summed E-state index contributed by atoms with van der Waals surface area (Å²) in [5.41, 5.74) is 7.34. The molecular weight excluding hydrogens is 298 g/mol. The number of aryl methyl sites for hydroxylation is 1. The van der Waals surface area contributed by atoms with Gasteiger partial charge in [0.05, 0.1) is 13.2 Å². The molecule has 17 heavy (non-hydrogen) atoms. The third-order valence-electron chi connectivity index (χ3n) is 2.66. The number of rotatable bonds is 3. The fourth-order valence-electron chi connectivity index (χ4n) is 1.61. The summed E-state index contributed by atoms with van der Waals surface area (Å²) in [5.74, 6) is 0.851. The van der Waals surface area contributed by atoms with E-state index >= 15 is 0 Å². The Hall–Kier alpha value is -0.840. The smallest absolute Gasteiger partial charge is 0.118 e. The minimum atomic E-state index is -0.0732. The molecule has 0 saturated heterocycles. The van der Waals surface area contributed by atoms with Crippen molar-refractivity contribution in [3.8, 4) is 5.75 Å². The lowest BCUT2D eigenvalue weighted by atomic mass is 10.1. The van der Waals surface area contributed by atoms with Crippen molar-refractivity contribution in [1.29, 1.82) is 0 Å². The first kappa shape index (κ1) is 12.6. The van der Waals surface area contributed by atoms with E-state index in [-0.39, 0.29) is 6.04 Å². The molecule has 2 rings (SSSR count). The molecule has 4 heteroatoms. The van der Waals surface area contributed by atoms with Crippen molar-refractivity contribution in [2.45, 2.75) is 13.0 Å². The molecule has 1 aromatic carbocycles. The normalized spacial score (nSPS) is 12.5. The van der Waals surface area contributed by atoms with Crippen molar-refractivity contribution in [3.05, 3.63) is 50.1 Å². The van der Waals surface area contributed by atoms with Gasteiger partial charge in [-0.25, -0.2) is 0 Å². The molecule has 0 aliphatic rings. The average molecular weight is 312 g/mol. The first-order valence-corrected chi connectivity index (χ1v) is 6.88. The molecule has 2 N–H and O–H groups in total. The van der Waals surface area contributed by atoms with Crippen molar-refractivity contribution < 1.29 is 4.74 Å². The average Bonchev–Trinajstić information content (AvgIpc) is 2.69. The summed E-state index contributed by atoms with van der Waals surface area (Å²) in [7, 11) is 1.66. The molecule has 0 spiro atoms. The number of methoxy groups -OCH3 is 1. The van der Waals surface area contributed by atoms with Gasteiger partial charge < -0.3 is 10.5 Å². The van der Waals surface area contributed by atoms with Crippen molar-refractivity contribution in [2.24, 2.45) is 5.73 Å². The lowest BCUT2D eigenvalue weighted by Gasteiger charge is -2.10. The Kier molecular flexibility index (Phi) is 3.86. The molecular formula is C13H14BrNOS. The van der Waals surface area contributed by atoms with Crippen LogP contribution in [0.5, 0.6) is 5.75 Å². The first-order valence-electron chi connectivity index (χ1n) is 5.27. The number of thiophene rings is 1. The Labute approximate surface area is 114 Å². The van der Waals surface area contributed by atoms with Crippen LogP contribution in [0.25, 0.3) is 0 Å². The molecule has 2 aromatic rings. The Morgan fingerprint density at radius 1 is 1.29 bits per heavy atom. The number of nitrogens with two attached hydrogens (primary N) is 1. The molecule has 90 valence electrons. The zero-order valence-corrected chi connectivity index (χ0v) is 12.1. The molecule has 1 atom stereocenters. The van der Waals surface area contributed by atoms with Gasteiger partial charge in [-0.15, -0.1) is 11.3 Å². The van der Waals surface area contributed by atoms with Gasteiger partial charge in [0.2, 0.25) is 0 Å². The Morgan fingerprint density at radius 2 is 1.94 bits per heavy atom. The number of ether oxygens (including phenoxy) is 1. The van der Waals surface area contributed by atoms with Gasteiger partial charge in [-0.3, -0.25) is 0 Å². The molecule has 0 saturated carbocycles. The second-order valence-electron chi connectivity index (χ2n) is 3.80. The molecule has 0 amide bonds. The Balaban J connectivity index is 2.26. The van der Waals surface area contributed by atoms with Crippen LogP contribution in [-0.2, 0) is 0 Å². The lowest BCUT2D eigenvalue weighted by molar-refractivity contribution is 0.414. The van der Waals surface area contributed by atoms with E-state index in [1.807, 2.05) is 24.3 Å². The van der Waals surface area contributed by atoms with Crippen molar-refractivity contribution in [3.63, 3.8) is 0 Å². The Morgan fingerprint density at radius 3 is 2.41 bits per heavy atom. The summed E-state index contributed by atoms with van der Waals surface area (Å²) in [6, 6.07) is 9.90. The van der Waals surface area contributed by atoms with E-state index in [0.717, 1.165) is 15.8 Å². The molecule has 1 heterocycles. The number of benzene rings is 1. The fourth-order valence-corrected chi connectivity index (χ4v) is 3.20. The third-order valence-corrected chi connectivity index (χ3v) is 4.88. The van der Waals surface area contributed by atoms with Crippen LogP contribution in [0.1, 0.15) is 21.4 Å². The van der Waals surface area contributed by atoms with Crippen LogP contribution >= 0.6 is 27.3 Å². The predicted molar refractivity (Wildman–Crippen MR) is 75.8 cm³/mol. The predicted octanol–water partition coefficient (Wildman–Crippen LogP) is 3.88. The maximum atomic E-state index is 6.24. The van der Waals surface area contributed by atoms with E-state index in [1.54, 1.807) is 18.4 Å². The minimum absolute atomic E-state index is 0.0732. The van der Waals surface area contributed by atoms with Crippen molar-refractivity contribution in [2.75, 3.05) is 7.11 Å². The van der Waals surface area contributed by atoms with Crippen LogP contribution in [0.15, 0.2) is 34.8 Å². The van der Waals surface area contributed by atoms with E-state index in [1.165, 1.54) is 9.75 Å². The van der Waals surface area contributed by atoms with Gasteiger partial charge in [-0.2, -0.15) is 0 Å². The van der Waals surface area contributed by atoms with Gasteiger partial charge >= 0.3 is 0 Å². The molecule has 0 aliphatic carbocycles. The van der Waals surface area contributed by atoms with Crippen molar-refractivity contribution in [1.82, 2.24) is 0 Å². The van der Waals surface area contributed by atoms with Crippen LogP contribution in [0.2, 0.25) is 0 Å². The quantitative estimate of drug-likeness (QED) is 0.933. The van der Waals surface area contributed by atoms with Gasteiger partial charge in [0.1, 0.15) is 5.75 Å². The lowest BCUT2D eigenvalue weighted by Crippen LogP contribution is -2.09. The van der Waals surface area contributed by atoms with Crippen LogP contribution < -0.4 is 10.5 Å². The number of hydrogen-bond donors (Lipinski definition) is 1. The van der Waals surface area contributed by atoms with Crippen LogP contribution in [0.4, 0.5) is 0 Å². The molecule has 0 fully saturated rings. The number of hydrogen-bond acceptors (Lipinski definition) is 3. The molecule has 0 bridgehead atoms. The fraction of sp³-hybridized carbons (Fsp3) is 0.231. The topological polar surface area (TPSA) is 35.2 Å². The van der Waals surface area contributed by atoms with E-state index in [4.69, 9.17) is 10.5 Å². The molecule has 1 aromatic heterocycles. The highest BCUT2D eigenvalue weighted by Gasteiger charge is 2.13. The van der Waals surface area contributed by atoms with E-state index < -0.39 is 0 Å².